The van der Waals surface area contributed by atoms with Gasteiger partial charge in [0, 0.05) is 7.05 Å². The molecule has 9 heavy (non-hydrogen) atoms. The van der Waals surface area contributed by atoms with Gasteiger partial charge in [-0.2, -0.15) is 0 Å². The lowest BCUT2D eigenvalue weighted by Gasteiger charge is -1.84. The topological polar surface area (TPSA) is 51.0 Å². The summed E-state index contributed by atoms with van der Waals surface area (Å²) in [6.07, 6.45) is 0. The molecule has 1 aromatic rings. The van der Waals surface area contributed by atoms with E-state index >= 15 is 0 Å². The minimum Gasteiger partial charge on any atom is -0.407 e. The molecule has 0 atom stereocenters. The first-order valence-electron chi connectivity index (χ1n) is 2.43. The van der Waals surface area contributed by atoms with E-state index < -0.39 is 0 Å². The number of alkyl halides is 1. The maximum absolute atomic E-state index is 5.37. The minimum atomic E-state index is 0.259. The van der Waals surface area contributed by atoms with Crippen LogP contribution < -0.4 is 5.32 Å². The van der Waals surface area contributed by atoms with Crippen molar-refractivity contribution in [2.24, 2.45) is 0 Å². The zero-order chi connectivity index (χ0) is 6.69. The number of aromatic nitrogens is 2. The highest BCUT2D eigenvalue weighted by molar-refractivity contribution is 6.16. The summed E-state index contributed by atoms with van der Waals surface area (Å²) in [5.74, 6) is 0.690. The number of halogens is 1. The quantitative estimate of drug-likeness (QED) is 0.631. The molecule has 0 saturated heterocycles. The number of hydrogen-bond acceptors (Lipinski definition) is 4. The van der Waals surface area contributed by atoms with Gasteiger partial charge < -0.3 is 9.73 Å². The second-order valence-corrected chi connectivity index (χ2v) is 1.65. The van der Waals surface area contributed by atoms with Crippen LogP contribution in [-0.2, 0) is 5.88 Å². The summed E-state index contributed by atoms with van der Waals surface area (Å²) < 4.78 is 4.92. The van der Waals surface area contributed by atoms with Crippen LogP contribution in [0.3, 0.4) is 0 Å². The van der Waals surface area contributed by atoms with Crippen LogP contribution in [0.5, 0.6) is 0 Å². The summed E-state index contributed by atoms with van der Waals surface area (Å²) in [5, 5.41) is 9.87. The normalized spacial score (nSPS) is 9.56. The fourth-order valence-electron chi connectivity index (χ4n) is 0.409. The van der Waals surface area contributed by atoms with Crippen molar-refractivity contribution in [3.8, 4) is 0 Å². The maximum atomic E-state index is 5.37. The Morgan fingerprint density at radius 2 is 2.44 bits per heavy atom. The van der Waals surface area contributed by atoms with Crippen molar-refractivity contribution in [1.82, 2.24) is 10.2 Å². The number of hydrogen-bond donors (Lipinski definition) is 1. The van der Waals surface area contributed by atoms with Crippen molar-refractivity contribution < 1.29 is 4.42 Å². The first kappa shape index (κ1) is 6.35. The molecule has 50 valence electrons. The van der Waals surface area contributed by atoms with E-state index in [0.717, 1.165) is 0 Å². The summed E-state index contributed by atoms with van der Waals surface area (Å²) in [5.41, 5.74) is 0. The average Bonchev–Trinajstić information content (AvgIpc) is 2.34. The number of rotatable bonds is 2. The van der Waals surface area contributed by atoms with Gasteiger partial charge in [0.25, 0.3) is 0 Å². The molecule has 4 nitrogen and oxygen atoms in total. The Morgan fingerprint density at radius 1 is 1.67 bits per heavy atom. The van der Waals surface area contributed by atoms with Crippen molar-refractivity contribution >= 4 is 17.6 Å². The zero-order valence-electron chi connectivity index (χ0n) is 4.89. The van der Waals surface area contributed by atoms with Crippen molar-refractivity contribution in [2.75, 3.05) is 12.4 Å². The molecule has 0 aliphatic carbocycles. The van der Waals surface area contributed by atoms with Crippen LogP contribution in [0.25, 0.3) is 0 Å². The monoisotopic (exact) mass is 147 g/mol. The molecule has 0 unspecified atom stereocenters. The standard InChI is InChI=1S/C4H6ClN3O/c1-6-4-8-7-3(2-5)9-4/h2H2,1H3,(H,6,8). The van der Waals surface area contributed by atoms with E-state index in [1.165, 1.54) is 0 Å². The van der Waals surface area contributed by atoms with E-state index in [9.17, 15) is 0 Å². The van der Waals surface area contributed by atoms with Crippen molar-refractivity contribution in [3.05, 3.63) is 5.89 Å². The molecule has 0 aromatic carbocycles. The molecule has 0 saturated carbocycles. The van der Waals surface area contributed by atoms with Crippen LogP contribution in [0, 0.1) is 0 Å². The van der Waals surface area contributed by atoms with Crippen LogP contribution in [0.1, 0.15) is 5.89 Å². The molecule has 0 amide bonds. The molecule has 5 heteroatoms. The van der Waals surface area contributed by atoms with Crippen LogP contribution in [0.15, 0.2) is 4.42 Å². The van der Waals surface area contributed by atoms with Crippen LogP contribution in [0.2, 0.25) is 0 Å². The predicted molar refractivity (Wildman–Crippen MR) is 33.4 cm³/mol. The molecular weight excluding hydrogens is 142 g/mol. The summed E-state index contributed by atoms with van der Waals surface area (Å²) in [4.78, 5) is 0. The first-order valence-corrected chi connectivity index (χ1v) is 2.96. The van der Waals surface area contributed by atoms with Gasteiger partial charge in [-0.15, -0.1) is 16.7 Å². The number of nitrogens with one attached hydrogen (secondary N) is 1. The third-order valence-corrected chi connectivity index (χ3v) is 1.02. The lowest BCUT2D eigenvalue weighted by Crippen LogP contribution is -1.85. The Morgan fingerprint density at radius 3 is 2.78 bits per heavy atom. The Balaban J connectivity index is 2.74. The van der Waals surface area contributed by atoms with E-state index in [2.05, 4.69) is 15.5 Å². The van der Waals surface area contributed by atoms with Gasteiger partial charge in [-0.05, 0) is 0 Å². The van der Waals surface area contributed by atoms with Gasteiger partial charge in [-0.1, -0.05) is 5.10 Å². The second kappa shape index (κ2) is 2.68. The summed E-state index contributed by atoms with van der Waals surface area (Å²) in [6.45, 7) is 0. The fourth-order valence-corrected chi connectivity index (χ4v) is 0.517. The maximum Gasteiger partial charge on any atom is 0.315 e. The molecular formula is C4H6ClN3O. The summed E-state index contributed by atoms with van der Waals surface area (Å²) in [6, 6.07) is 0.394. The van der Waals surface area contributed by atoms with Crippen molar-refractivity contribution in [1.29, 1.82) is 0 Å². The van der Waals surface area contributed by atoms with Gasteiger partial charge in [0.15, 0.2) is 0 Å². The van der Waals surface area contributed by atoms with E-state index in [4.69, 9.17) is 16.0 Å². The number of nitrogens with zero attached hydrogens (tertiary/aromatic N) is 2. The fraction of sp³-hybridized carbons (Fsp3) is 0.500. The molecule has 0 radical (unpaired) electrons. The largest absolute Gasteiger partial charge is 0.407 e. The first-order chi connectivity index (χ1) is 4.36. The third kappa shape index (κ3) is 1.32. The highest BCUT2D eigenvalue weighted by atomic mass is 35.5. The van der Waals surface area contributed by atoms with Crippen molar-refractivity contribution in [2.45, 2.75) is 5.88 Å². The Hall–Kier alpha value is -0.770. The van der Waals surface area contributed by atoms with E-state index in [1.807, 2.05) is 0 Å². The molecule has 1 aromatic heterocycles. The van der Waals surface area contributed by atoms with Gasteiger partial charge in [-0.3, -0.25) is 0 Å². The van der Waals surface area contributed by atoms with E-state index in [1.54, 1.807) is 7.05 Å². The smallest absolute Gasteiger partial charge is 0.315 e. The van der Waals surface area contributed by atoms with Gasteiger partial charge in [0.2, 0.25) is 5.89 Å². The Labute approximate surface area is 57.2 Å². The zero-order valence-corrected chi connectivity index (χ0v) is 5.64. The SMILES string of the molecule is CNc1nnc(CCl)o1. The van der Waals surface area contributed by atoms with Crippen LogP contribution >= 0.6 is 11.6 Å². The lowest BCUT2D eigenvalue weighted by molar-refractivity contribution is 0.528. The molecule has 1 N–H and O–H groups in total. The van der Waals surface area contributed by atoms with Gasteiger partial charge in [0.1, 0.15) is 5.88 Å². The Bertz CT molecular complexity index is 169. The highest BCUT2D eigenvalue weighted by Crippen LogP contribution is 2.05. The van der Waals surface area contributed by atoms with E-state index in [-0.39, 0.29) is 5.88 Å². The summed E-state index contributed by atoms with van der Waals surface area (Å²) in [7, 11) is 1.70. The lowest BCUT2D eigenvalue weighted by atomic mass is 10.8. The highest BCUT2D eigenvalue weighted by Gasteiger charge is 1.99. The molecule has 0 spiro atoms. The molecule has 0 aliphatic heterocycles. The third-order valence-electron chi connectivity index (χ3n) is 0.795. The van der Waals surface area contributed by atoms with Crippen molar-refractivity contribution in [3.63, 3.8) is 0 Å². The van der Waals surface area contributed by atoms with Gasteiger partial charge in [0.05, 0.1) is 0 Å². The molecule has 1 heterocycles. The van der Waals surface area contributed by atoms with Gasteiger partial charge in [-0.25, -0.2) is 0 Å². The minimum absolute atomic E-state index is 0.259. The molecule has 0 bridgehead atoms. The number of anilines is 1. The average molecular weight is 148 g/mol. The van der Waals surface area contributed by atoms with Crippen LogP contribution in [-0.4, -0.2) is 17.2 Å². The summed E-state index contributed by atoms with van der Waals surface area (Å²) >= 11 is 5.37. The Kier molecular flexibility index (Phi) is 1.89. The van der Waals surface area contributed by atoms with Gasteiger partial charge >= 0.3 is 6.01 Å². The van der Waals surface area contributed by atoms with Crippen LogP contribution in [0.4, 0.5) is 6.01 Å². The second-order valence-electron chi connectivity index (χ2n) is 1.38. The predicted octanol–water partition coefficient (Wildman–Crippen LogP) is 0.850. The molecule has 0 aliphatic rings. The molecule has 1 rings (SSSR count). The molecule has 0 fully saturated rings. The van der Waals surface area contributed by atoms with E-state index in [0.29, 0.717) is 11.9 Å².